The summed E-state index contributed by atoms with van der Waals surface area (Å²) in [5.41, 5.74) is 0.142. The van der Waals surface area contributed by atoms with E-state index in [1.165, 1.54) is 28.6 Å². The maximum atomic E-state index is 12.6. The molecule has 2 heterocycles. The number of hydrogen-bond donors (Lipinski definition) is 1. The molecular weight excluding hydrogens is 406 g/mol. The van der Waals surface area contributed by atoms with Crippen LogP contribution in [0.2, 0.25) is 5.02 Å². The fourth-order valence-corrected chi connectivity index (χ4v) is 4.15. The average molecular weight is 424 g/mol. The van der Waals surface area contributed by atoms with Crippen LogP contribution < -0.4 is 15.0 Å². The van der Waals surface area contributed by atoms with Crippen molar-refractivity contribution in [3.63, 3.8) is 0 Å². The van der Waals surface area contributed by atoms with E-state index < -0.39 is 10.0 Å². The Balaban J connectivity index is 1.75. The molecule has 0 aliphatic rings. The van der Waals surface area contributed by atoms with Crippen molar-refractivity contribution in [2.75, 3.05) is 13.7 Å². The first-order chi connectivity index (χ1) is 13.3. The fraction of sp³-hybridized carbons (Fsp3) is 0.235. The standard InChI is InChI=1S/C17H18ClN5O4S/c1-12-10-14(27-2)13(18)11-15(12)28(25,26)20-7-9-23-17(24)5-4-16(21-23)22-8-3-6-19-22/h3-6,8,10-11,20H,7,9H2,1-2H3. The SMILES string of the molecule is COc1cc(C)c(S(=O)(=O)NCCn2nc(-n3cccn3)ccc2=O)cc1Cl. The monoisotopic (exact) mass is 423 g/mol. The van der Waals surface area contributed by atoms with Crippen molar-refractivity contribution < 1.29 is 13.2 Å². The number of aryl methyl sites for hydroxylation is 1. The Morgan fingerprint density at radius 1 is 1.29 bits per heavy atom. The summed E-state index contributed by atoms with van der Waals surface area (Å²) in [6, 6.07) is 7.51. The molecule has 0 radical (unpaired) electrons. The van der Waals surface area contributed by atoms with Gasteiger partial charge in [-0.3, -0.25) is 4.79 Å². The highest BCUT2D eigenvalue weighted by Crippen LogP contribution is 2.29. The number of aromatic nitrogens is 4. The van der Waals surface area contributed by atoms with Crippen molar-refractivity contribution in [3.8, 4) is 11.6 Å². The van der Waals surface area contributed by atoms with Crippen LogP contribution in [0.25, 0.3) is 5.82 Å². The van der Waals surface area contributed by atoms with Gasteiger partial charge in [0.1, 0.15) is 5.75 Å². The van der Waals surface area contributed by atoms with E-state index in [4.69, 9.17) is 16.3 Å². The lowest BCUT2D eigenvalue weighted by Gasteiger charge is -2.12. The highest BCUT2D eigenvalue weighted by molar-refractivity contribution is 7.89. The molecule has 2 aromatic heterocycles. The molecular formula is C17H18ClN5O4S. The summed E-state index contributed by atoms with van der Waals surface area (Å²) in [7, 11) is -2.37. The molecule has 0 amide bonds. The normalized spacial score (nSPS) is 11.5. The smallest absolute Gasteiger partial charge is 0.266 e. The molecule has 1 N–H and O–H groups in total. The first-order valence-corrected chi connectivity index (χ1v) is 10.1. The molecule has 148 valence electrons. The number of nitrogens with one attached hydrogen (secondary N) is 1. The number of nitrogens with zero attached hydrogens (tertiary/aromatic N) is 4. The highest BCUT2D eigenvalue weighted by Gasteiger charge is 2.19. The maximum absolute atomic E-state index is 12.6. The van der Waals surface area contributed by atoms with E-state index in [0.717, 1.165) is 0 Å². The second-order valence-corrected chi connectivity index (χ2v) is 8.00. The van der Waals surface area contributed by atoms with Crippen LogP contribution in [-0.2, 0) is 16.6 Å². The lowest BCUT2D eigenvalue weighted by molar-refractivity contribution is 0.414. The van der Waals surface area contributed by atoms with Crippen molar-refractivity contribution in [3.05, 3.63) is 63.7 Å². The fourth-order valence-electron chi connectivity index (χ4n) is 2.57. The number of sulfonamides is 1. The molecule has 0 aliphatic carbocycles. The van der Waals surface area contributed by atoms with Gasteiger partial charge in [-0.1, -0.05) is 11.6 Å². The number of ether oxygens (including phenoxy) is 1. The van der Waals surface area contributed by atoms with E-state index in [2.05, 4.69) is 14.9 Å². The molecule has 0 bridgehead atoms. The van der Waals surface area contributed by atoms with Crippen LogP contribution in [0.1, 0.15) is 5.56 Å². The first kappa shape index (κ1) is 20.1. The minimum absolute atomic E-state index is 0.0269. The highest BCUT2D eigenvalue weighted by atomic mass is 35.5. The van der Waals surface area contributed by atoms with Gasteiger partial charge in [-0.05, 0) is 36.8 Å². The van der Waals surface area contributed by atoms with E-state index in [-0.39, 0.29) is 28.6 Å². The largest absolute Gasteiger partial charge is 0.495 e. The molecule has 0 unspecified atom stereocenters. The zero-order valence-electron chi connectivity index (χ0n) is 15.2. The van der Waals surface area contributed by atoms with E-state index in [9.17, 15) is 13.2 Å². The van der Waals surface area contributed by atoms with Crippen molar-refractivity contribution in [2.45, 2.75) is 18.4 Å². The first-order valence-electron chi connectivity index (χ1n) is 8.24. The Bertz CT molecular complexity index is 1140. The second-order valence-electron chi connectivity index (χ2n) is 5.85. The Morgan fingerprint density at radius 2 is 2.07 bits per heavy atom. The Labute approximate surface area is 166 Å². The van der Waals surface area contributed by atoms with Gasteiger partial charge in [-0.2, -0.15) is 5.10 Å². The van der Waals surface area contributed by atoms with Crippen LogP contribution in [-0.4, -0.2) is 41.6 Å². The zero-order chi connectivity index (χ0) is 20.3. The average Bonchev–Trinajstić information content (AvgIpc) is 3.19. The van der Waals surface area contributed by atoms with Crippen LogP contribution in [0, 0.1) is 6.92 Å². The maximum Gasteiger partial charge on any atom is 0.266 e. The second kappa shape index (κ2) is 8.13. The number of benzene rings is 1. The van der Waals surface area contributed by atoms with Crippen LogP contribution in [0.4, 0.5) is 0 Å². The summed E-state index contributed by atoms with van der Waals surface area (Å²) in [5.74, 6) is 0.842. The van der Waals surface area contributed by atoms with Gasteiger partial charge >= 0.3 is 0 Å². The molecule has 0 atom stereocenters. The van der Waals surface area contributed by atoms with E-state index in [1.54, 1.807) is 37.5 Å². The summed E-state index contributed by atoms with van der Waals surface area (Å²) in [6.45, 7) is 1.67. The third kappa shape index (κ3) is 4.24. The van der Waals surface area contributed by atoms with Crippen LogP contribution in [0.5, 0.6) is 5.75 Å². The van der Waals surface area contributed by atoms with Crippen molar-refractivity contribution in [1.29, 1.82) is 0 Å². The molecule has 3 aromatic rings. The minimum atomic E-state index is -3.83. The van der Waals surface area contributed by atoms with Gasteiger partial charge in [0.25, 0.3) is 5.56 Å². The quantitative estimate of drug-likeness (QED) is 0.615. The predicted molar refractivity (Wildman–Crippen MR) is 104 cm³/mol. The van der Waals surface area contributed by atoms with Gasteiger partial charge < -0.3 is 4.74 Å². The summed E-state index contributed by atoms with van der Waals surface area (Å²) in [4.78, 5) is 12.0. The Kier molecular flexibility index (Phi) is 5.82. The summed E-state index contributed by atoms with van der Waals surface area (Å²) in [5, 5.41) is 8.44. The lowest BCUT2D eigenvalue weighted by atomic mass is 10.2. The third-order valence-electron chi connectivity index (χ3n) is 3.95. The van der Waals surface area contributed by atoms with Gasteiger partial charge in [0.2, 0.25) is 10.0 Å². The van der Waals surface area contributed by atoms with Crippen LogP contribution in [0.3, 0.4) is 0 Å². The lowest BCUT2D eigenvalue weighted by Crippen LogP contribution is -2.32. The van der Waals surface area contributed by atoms with Crippen LogP contribution >= 0.6 is 11.6 Å². The molecule has 1 aromatic carbocycles. The van der Waals surface area contributed by atoms with Gasteiger partial charge in [0.15, 0.2) is 5.82 Å². The van der Waals surface area contributed by atoms with Gasteiger partial charge in [-0.15, -0.1) is 5.10 Å². The molecule has 0 saturated carbocycles. The topological polar surface area (TPSA) is 108 Å². The predicted octanol–water partition coefficient (Wildman–Crippen LogP) is 1.38. The summed E-state index contributed by atoms with van der Waals surface area (Å²) >= 11 is 6.04. The van der Waals surface area contributed by atoms with E-state index >= 15 is 0 Å². The molecule has 0 fully saturated rings. The molecule has 11 heteroatoms. The van der Waals surface area contributed by atoms with Crippen LogP contribution in [0.15, 0.2) is 52.4 Å². The van der Waals surface area contributed by atoms with E-state index in [1.807, 2.05) is 0 Å². The zero-order valence-corrected chi connectivity index (χ0v) is 16.7. The van der Waals surface area contributed by atoms with Gasteiger partial charge in [0, 0.05) is 25.0 Å². The number of rotatable bonds is 7. The Morgan fingerprint density at radius 3 is 2.75 bits per heavy atom. The molecule has 0 aliphatic heterocycles. The molecule has 3 rings (SSSR count). The third-order valence-corrected chi connectivity index (χ3v) is 5.84. The number of methoxy groups -OCH3 is 1. The molecule has 0 saturated heterocycles. The van der Waals surface area contributed by atoms with Crippen molar-refractivity contribution in [1.82, 2.24) is 24.3 Å². The van der Waals surface area contributed by atoms with Crippen molar-refractivity contribution in [2.24, 2.45) is 0 Å². The molecule has 9 nitrogen and oxygen atoms in total. The molecule has 28 heavy (non-hydrogen) atoms. The minimum Gasteiger partial charge on any atom is -0.495 e. The summed E-state index contributed by atoms with van der Waals surface area (Å²) in [6.07, 6.45) is 3.28. The van der Waals surface area contributed by atoms with Crippen molar-refractivity contribution >= 4 is 21.6 Å². The van der Waals surface area contributed by atoms with Gasteiger partial charge in [0.05, 0.1) is 23.6 Å². The molecule has 0 spiro atoms. The van der Waals surface area contributed by atoms with E-state index in [0.29, 0.717) is 17.1 Å². The number of hydrogen-bond acceptors (Lipinski definition) is 6. The number of halogens is 1. The Hall–Kier alpha value is -2.69. The van der Waals surface area contributed by atoms with Gasteiger partial charge in [-0.25, -0.2) is 22.5 Å². The summed E-state index contributed by atoms with van der Waals surface area (Å²) < 4.78 is 35.4.